The van der Waals surface area contributed by atoms with E-state index in [4.69, 9.17) is 30.9 Å². The van der Waals surface area contributed by atoms with Crippen LogP contribution in [0.4, 0.5) is 0 Å². The molecule has 0 amide bonds. The summed E-state index contributed by atoms with van der Waals surface area (Å²) in [6.07, 6.45) is 8.17. The summed E-state index contributed by atoms with van der Waals surface area (Å²) in [6.45, 7) is 19.1. The SMILES string of the molecule is CCOC(=O)CC(C)=NCC1(C)CC(N)CC(C)(CCCOC(=O)CC(C)=NC2CC(C)(C)CC(C)(CN)C2)C1. The molecule has 5 unspecified atom stereocenters. The summed E-state index contributed by atoms with van der Waals surface area (Å²) in [5, 5.41) is 0. The van der Waals surface area contributed by atoms with Crippen molar-refractivity contribution in [2.45, 2.75) is 132 Å². The first-order chi connectivity index (χ1) is 18.5. The van der Waals surface area contributed by atoms with Gasteiger partial charge in [0.1, 0.15) is 0 Å². The van der Waals surface area contributed by atoms with E-state index in [1.165, 1.54) is 0 Å². The van der Waals surface area contributed by atoms with Crippen molar-refractivity contribution in [1.82, 2.24) is 0 Å². The summed E-state index contributed by atoms with van der Waals surface area (Å²) in [6, 6.07) is 0.310. The highest BCUT2D eigenvalue weighted by atomic mass is 16.5. The molecule has 2 fully saturated rings. The van der Waals surface area contributed by atoms with Crippen LogP contribution in [-0.4, -0.2) is 61.7 Å². The predicted octanol–water partition coefficient (Wildman–Crippen LogP) is 5.64. The summed E-state index contributed by atoms with van der Waals surface area (Å²) < 4.78 is 10.7. The summed E-state index contributed by atoms with van der Waals surface area (Å²) in [4.78, 5) is 34.0. The van der Waals surface area contributed by atoms with Crippen LogP contribution in [0, 0.1) is 21.7 Å². The standard InChI is InChI=1S/C32H58N4O4/c1-9-39-27(37)13-23(2)35-22-32(8)16-25(34)15-30(6,20-32)11-10-12-40-28(38)14-24(3)36-26-17-29(4,5)19-31(7,18-26)21-33/h25-26H,9-22,33-34H2,1-8H3. The Morgan fingerprint density at radius 2 is 1.48 bits per heavy atom. The van der Waals surface area contributed by atoms with Gasteiger partial charge in [-0.2, -0.15) is 0 Å². The van der Waals surface area contributed by atoms with Crippen molar-refractivity contribution in [1.29, 1.82) is 0 Å². The Bertz CT molecular complexity index is 932. The second-order valence-electron chi connectivity index (χ2n) is 14.8. The zero-order chi connectivity index (χ0) is 30.2. The van der Waals surface area contributed by atoms with Crippen molar-refractivity contribution in [2.24, 2.45) is 43.1 Å². The number of carbonyl (C=O) groups is 2. The van der Waals surface area contributed by atoms with E-state index in [-0.39, 0.29) is 58.5 Å². The van der Waals surface area contributed by atoms with Crippen molar-refractivity contribution in [3.05, 3.63) is 0 Å². The smallest absolute Gasteiger partial charge is 0.311 e. The molecule has 2 aliphatic carbocycles. The van der Waals surface area contributed by atoms with Gasteiger partial charge in [-0.05, 0) is 100 Å². The minimum Gasteiger partial charge on any atom is -0.466 e. The first-order valence-electron chi connectivity index (χ1n) is 15.3. The Balaban J connectivity index is 1.83. The largest absolute Gasteiger partial charge is 0.466 e. The van der Waals surface area contributed by atoms with E-state index < -0.39 is 0 Å². The molecule has 0 aromatic carbocycles. The molecule has 0 aromatic heterocycles. The van der Waals surface area contributed by atoms with Gasteiger partial charge in [-0.3, -0.25) is 19.6 Å². The van der Waals surface area contributed by atoms with Crippen LogP contribution in [0.3, 0.4) is 0 Å². The van der Waals surface area contributed by atoms with Gasteiger partial charge >= 0.3 is 11.9 Å². The third-order valence-electron chi connectivity index (χ3n) is 8.71. The summed E-state index contributed by atoms with van der Waals surface area (Å²) in [7, 11) is 0. The lowest BCUT2D eigenvalue weighted by molar-refractivity contribution is -0.143. The minimum absolute atomic E-state index is 0.0275. The van der Waals surface area contributed by atoms with Gasteiger partial charge in [0.25, 0.3) is 0 Å². The average Bonchev–Trinajstić information content (AvgIpc) is 2.78. The van der Waals surface area contributed by atoms with E-state index in [9.17, 15) is 9.59 Å². The number of carbonyl (C=O) groups excluding carboxylic acids is 2. The zero-order valence-corrected chi connectivity index (χ0v) is 26.7. The highest BCUT2D eigenvalue weighted by molar-refractivity contribution is 5.98. The lowest BCUT2D eigenvalue weighted by Crippen LogP contribution is -2.45. The molecule has 230 valence electrons. The number of ether oxygens (including phenoxy) is 2. The molecule has 2 rings (SSSR count). The van der Waals surface area contributed by atoms with Crippen LogP contribution in [0.5, 0.6) is 0 Å². The third kappa shape index (κ3) is 11.6. The maximum atomic E-state index is 12.6. The monoisotopic (exact) mass is 562 g/mol. The van der Waals surface area contributed by atoms with Crippen molar-refractivity contribution >= 4 is 23.4 Å². The quantitative estimate of drug-likeness (QED) is 0.170. The minimum atomic E-state index is -0.234. The van der Waals surface area contributed by atoms with Crippen LogP contribution >= 0.6 is 0 Å². The fraction of sp³-hybridized carbons (Fsp3) is 0.875. The molecule has 5 atom stereocenters. The van der Waals surface area contributed by atoms with Crippen molar-refractivity contribution in [2.75, 3.05) is 26.3 Å². The number of rotatable bonds is 13. The van der Waals surface area contributed by atoms with Crippen molar-refractivity contribution in [3.63, 3.8) is 0 Å². The summed E-state index contributed by atoms with van der Waals surface area (Å²) in [5.74, 6) is -0.442. The maximum Gasteiger partial charge on any atom is 0.311 e. The number of esters is 2. The van der Waals surface area contributed by atoms with E-state index >= 15 is 0 Å². The molecule has 0 aromatic rings. The lowest BCUT2D eigenvalue weighted by Gasteiger charge is -2.47. The number of aliphatic imine (C=N–C) groups is 2. The van der Waals surface area contributed by atoms with Crippen LogP contribution in [0.2, 0.25) is 0 Å². The Kier molecular flexibility index (Phi) is 12.4. The fourth-order valence-electron chi connectivity index (χ4n) is 7.75. The molecule has 0 radical (unpaired) electrons. The Morgan fingerprint density at radius 1 is 0.850 bits per heavy atom. The molecule has 40 heavy (non-hydrogen) atoms. The van der Waals surface area contributed by atoms with Crippen LogP contribution < -0.4 is 11.5 Å². The highest BCUT2D eigenvalue weighted by Crippen LogP contribution is 2.49. The van der Waals surface area contributed by atoms with E-state index in [0.717, 1.165) is 62.8 Å². The summed E-state index contributed by atoms with van der Waals surface area (Å²) >= 11 is 0. The molecule has 0 heterocycles. The molecule has 0 spiro atoms. The molecule has 8 heteroatoms. The van der Waals surface area contributed by atoms with Gasteiger partial charge < -0.3 is 20.9 Å². The summed E-state index contributed by atoms with van der Waals surface area (Å²) in [5.41, 5.74) is 14.6. The normalized spacial score (nSPS) is 33.0. The van der Waals surface area contributed by atoms with E-state index in [1.54, 1.807) is 0 Å². The highest BCUT2D eigenvalue weighted by Gasteiger charge is 2.42. The van der Waals surface area contributed by atoms with Gasteiger partial charge in [0.05, 0.1) is 32.1 Å². The van der Waals surface area contributed by atoms with E-state index in [0.29, 0.717) is 26.3 Å². The first-order valence-corrected chi connectivity index (χ1v) is 15.3. The topological polar surface area (TPSA) is 129 Å². The van der Waals surface area contributed by atoms with Crippen LogP contribution in [0.15, 0.2) is 9.98 Å². The predicted molar refractivity (Wildman–Crippen MR) is 164 cm³/mol. The zero-order valence-electron chi connectivity index (χ0n) is 26.7. The molecule has 2 saturated carbocycles. The lowest BCUT2D eigenvalue weighted by atomic mass is 9.60. The van der Waals surface area contributed by atoms with Crippen molar-refractivity contribution in [3.8, 4) is 0 Å². The maximum absolute atomic E-state index is 12.6. The first kappa shape index (κ1) is 34.4. The number of nitrogens with zero attached hydrogens (tertiary/aromatic N) is 2. The molecule has 4 N–H and O–H groups in total. The molecule has 8 nitrogen and oxygen atoms in total. The number of nitrogens with two attached hydrogens (primary N) is 2. The van der Waals surface area contributed by atoms with Crippen LogP contribution in [0.25, 0.3) is 0 Å². The molecule has 0 saturated heterocycles. The Morgan fingerprint density at radius 3 is 2.12 bits per heavy atom. The number of hydrogen-bond donors (Lipinski definition) is 2. The third-order valence-corrected chi connectivity index (χ3v) is 8.71. The van der Waals surface area contributed by atoms with Gasteiger partial charge in [0.15, 0.2) is 0 Å². The Labute approximate surface area is 243 Å². The molecule has 0 bridgehead atoms. The second kappa shape index (κ2) is 14.4. The second-order valence-corrected chi connectivity index (χ2v) is 14.8. The van der Waals surface area contributed by atoms with E-state index in [2.05, 4.69) is 34.6 Å². The number of hydrogen-bond acceptors (Lipinski definition) is 8. The fourth-order valence-corrected chi connectivity index (χ4v) is 7.75. The van der Waals surface area contributed by atoms with E-state index in [1.807, 2.05) is 20.8 Å². The van der Waals surface area contributed by atoms with Gasteiger partial charge in [-0.15, -0.1) is 0 Å². The molecule has 2 aliphatic rings. The molecule has 0 aliphatic heterocycles. The Hall–Kier alpha value is -1.80. The van der Waals surface area contributed by atoms with Crippen molar-refractivity contribution < 1.29 is 19.1 Å². The van der Waals surface area contributed by atoms with Crippen LogP contribution in [0.1, 0.15) is 120 Å². The van der Waals surface area contributed by atoms with Gasteiger partial charge in [-0.1, -0.05) is 34.6 Å². The molecular weight excluding hydrogens is 504 g/mol. The van der Waals surface area contributed by atoms with Gasteiger partial charge in [-0.25, -0.2) is 0 Å². The van der Waals surface area contributed by atoms with Crippen LogP contribution in [-0.2, 0) is 19.1 Å². The van der Waals surface area contributed by atoms with Gasteiger partial charge in [0, 0.05) is 24.0 Å². The molecular formula is C32H58N4O4. The van der Waals surface area contributed by atoms with Gasteiger partial charge in [0.2, 0.25) is 0 Å². The average molecular weight is 563 g/mol.